The Bertz CT molecular complexity index is 971. The summed E-state index contributed by atoms with van der Waals surface area (Å²) in [5.41, 5.74) is 2.16. The Morgan fingerprint density at radius 2 is 1.77 bits per heavy atom. The van der Waals surface area contributed by atoms with Crippen LogP contribution in [0.2, 0.25) is 0 Å². The Morgan fingerprint density at radius 3 is 2.58 bits per heavy atom. The van der Waals surface area contributed by atoms with E-state index in [0.29, 0.717) is 37.4 Å². The molecule has 2 saturated heterocycles. The van der Waals surface area contributed by atoms with E-state index in [2.05, 4.69) is 14.9 Å². The fraction of sp³-hybridized carbons (Fsp3) is 0.421. The van der Waals surface area contributed by atoms with Gasteiger partial charge in [0.25, 0.3) is 5.91 Å². The third-order valence-electron chi connectivity index (χ3n) is 5.10. The number of morpholine rings is 1. The molecule has 0 saturated carbocycles. The summed E-state index contributed by atoms with van der Waals surface area (Å²) >= 11 is 0. The molecule has 0 aliphatic carbocycles. The van der Waals surface area contributed by atoms with E-state index in [9.17, 15) is 4.79 Å². The zero-order valence-corrected chi connectivity index (χ0v) is 14.5. The zero-order valence-electron chi connectivity index (χ0n) is 14.5. The van der Waals surface area contributed by atoms with Crippen molar-refractivity contribution in [3.8, 4) is 0 Å². The normalized spacial score (nSPS) is 18.2. The molecule has 0 N–H and O–H groups in total. The number of anilines is 1. The van der Waals surface area contributed by atoms with Crippen LogP contribution in [0.1, 0.15) is 23.5 Å². The number of ether oxygens (including phenoxy) is 1. The summed E-state index contributed by atoms with van der Waals surface area (Å²) < 4.78 is 11.4. The lowest BCUT2D eigenvalue weighted by molar-refractivity contribution is 0.0295. The van der Waals surface area contributed by atoms with E-state index >= 15 is 0 Å². The van der Waals surface area contributed by atoms with Crippen LogP contribution in [0, 0.1) is 0 Å². The first-order valence-corrected chi connectivity index (χ1v) is 9.12. The van der Waals surface area contributed by atoms with Crippen molar-refractivity contribution >= 4 is 33.8 Å². The number of para-hydroxylation sites is 1. The number of carbonyl (C=O) groups is 1. The third kappa shape index (κ3) is 2.50. The standard InChI is InChI=1S/C19H20N4O3/c24-19(23-9-11-25-12-10-23)17-20-15-13-5-1-2-6-14(13)26-16(15)18(21-17)22-7-3-4-8-22/h1-2,5-6H,3-4,7-12H2. The molecule has 0 unspecified atom stereocenters. The van der Waals surface area contributed by atoms with E-state index in [1.54, 1.807) is 4.90 Å². The molecule has 26 heavy (non-hydrogen) atoms. The maximum atomic E-state index is 13.0. The zero-order chi connectivity index (χ0) is 17.5. The highest BCUT2D eigenvalue weighted by Crippen LogP contribution is 2.34. The maximum Gasteiger partial charge on any atom is 0.291 e. The summed E-state index contributed by atoms with van der Waals surface area (Å²) in [4.78, 5) is 26.2. The highest BCUT2D eigenvalue weighted by Gasteiger charge is 2.27. The molecule has 4 heterocycles. The Morgan fingerprint density at radius 1 is 1.00 bits per heavy atom. The van der Waals surface area contributed by atoms with Crippen molar-refractivity contribution in [1.82, 2.24) is 14.9 Å². The number of aromatic nitrogens is 2. The first kappa shape index (κ1) is 15.6. The lowest BCUT2D eigenvalue weighted by Gasteiger charge is -2.26. The van der Waals surface area contributed by atoms with Crippen LogP contribution in [0.15, 0.2) is 28.7 Å². The van der Waals surface area contributed by atoms with Gasteiger partial charge in [-0.15, -0.1) is 0 Å². The van der Waals surface area contributed by atoms with Gasteiger partial charge in [-0.05, 0) is 25.0 Å². The van der Waals surface area contributed by atoms with Crippen molar-refractivity contribution in [1.29, 1.82) is 0 Å². The lowest BCUT2D eigenvalue weighted by Crippen LogP contribution is -2.41. The van der Waals surface area contributed by atoms with Gasteiger partial charge in [-0.1, -0.05) is 12.1 Å². The van der Waals surface area contributed by atoms with E-state index in [1.165, 1.54) is 0 Å². The second kappa shape index (κ2) is 6.25. The Balaban J connectivity index is 1.68. The van der Waals surface area contributed by atoms with Gasteiger partial charge in [-0.3, -0.25) is 4.79 Å². The van der Waals surface area contributed by atoms with Crippen LogP contribution in [0.3, 0.4) is 0 Å². The van der Waals surface area contributed by atoms with Crippen molar-refractivity contribution in [3.05, 3.63) is 30.1 Å². The topological polar surface area (TPSA) is 71.7 Å². The van der Waals surface area contributed by atoms with Gasteiger partial charge < -0.3 is 19.0 Å². The van der Waals surface area contributed by atoms with Gasteiger partial charge in [-0.25, -0.2) is 9.97 Å². The smallest absolute Gasteiger partial charge is 0.291 e. The van der Waals surface area contributed by atoms with Crippen molar-refractivity contribution in [2.24, 2.45) is 0 Å². The predicted molar refractivity (Wildman–Crippen MR) is 97.5 cm³/mol. The molecule has 2 aromatic heterocycles. The Hall–Kier alpha value is -2.67. The molecule has 2 aliphatic heterocycles. The quantitative estimate of drug-likeness (QED) is 0.705. The number of carbonyl (C=O) groups excluding carboxylic acids is 1. The summed E-state index contributed by atoms with van der Waals surface area (Å²) in [5.74, 6) is 0.842. The molecular formula is C19H20N4O3. The molecule has 7 heteroatoms. The molecule has 1 amide bonds. The summed E-state index contributed by atoms with van der Waals surface area (Å²) in [6.07, 6.45) is 2.25. The van der Waals surface area contributed by atoms with Crippen molar-refractivity contribution in [3.63, 3.8) is 0 Å². The number of benzene rings is 1. The van der Waals surface area contributed by atoms with Gasteiger partial charge in [0.2, 0.25) is 5.82 Å². The molecule has 0 atom stereocenters. The van der Waals surface area contributed by atoms with Crippen molar-refractivity contribution in [2.75, 3.05) is 44.3 Å². The number of furan rings is 1. The fourth-order valence-corrected chi connectivity index (χ4v) is 3.72. The number of amides is 1. The maximum absolute atomic E-state index is 13.0. The first-order valence-electron chi connectivity index (χ1n) is 9.12. The van der Waals surface area contributed by atoms with Gasteiger partial charge in [0.15, 0.2) is 11.4 Å². The highest BCUT2D eigenvalue weighted by molar-refractivity contribution is 6.07. The predicted octanol–water partition coefficient (Wildman–Crippen LogP) is 2.45. The second-order valence-electron chi connectivity index (χ2n) is 6.75. The van der Waals surface area contributed by atoms with Gasteiger partial charge >= 0.3 is 0 Å². The number of nitrogens with zero attached hydrogens (tertiary/aromatic N) is 4. The average molecular weight is 352 g/mol. The van der Waals surface area contributed by atoms with Crippen LogP contribution in [-0.2, 0) is 4.74 Å². The van der Waals surface area contributed by atoms with Crippen LogP contribution < -0.4 is 4.90 Å². The number of hydrogen-bond donors (Lipinski definition) is 0. The van der Waals surface area contributed by atoms with Gasteiger partial charge in [0, 0.05) is 31.6 Å². The fourth-order valence-electron chi connectivity index (χ4n) is 3.72. The van der Waals surface area contributed by atoms with E-state index in [4.69, 9.17) is 9.15 Å². The third-order valence-corrected chi connectivity index (χ3v) is 5.10. The minimum Gasteiger partial charge on any atom is -0.450 e. The van der Waals surface area contributed by atoms with Gasteiger partial charge in [-0.2, -0.15) is 0 Å². The minimum atomic E-state index is -0.138. The van der Waals surface area contributed by atoms with Crippen molar-refractivity contribution in [2.45, 2.75) is 12.8 Å². The Labute approximate surface area is 150 Å². The van der Waals surface area contributed by atoms with Crippen LogP contribution >= 0.6 is 0 Å². The molecule has 7 nitrogen and oxygen atoms in total. The molecule has 134 valence electrons. The largest absolute Gasteiger partial charge is 0.450 e. The highest BCUT2D eigenvalue weighted by atomic mass is 16.5. The summed E-state index contributed by atoms with van der Waals surface area (Å²) in [5, 5.41) is 0.918. The molecule has 3 aromatic rings. The SMILES string of the molecule is O=C(c1nc(N2CCCC2)c2oc3ccccc3c2n1)N1CCOCC1. The van der Waals surface area contributed by atoms with Crippen molar-refractivity contribution < 1.29 is 13.9 Å². The van der Waals surface area contributed by atoms with Crippen LogP contribution in [0.4, 0.5) is 5.82 Å². The van der Waals surface area contributed by atoms with Crippen LogP contribution in [0.5, 0.6) is 0 Å². The Kier molecular flexibility index (Phi) is 3.74. The number of fused-ring (bicyclic) bond motifs is 3. The molecule has 0 bridgehead atoms. The molecule has 1 aromatic carbocycles. The van der Waals surface area contributed by atoms with E-state index in [1.807, 2.05) is 24.3 Å². The lowest BCUT2D eigenvalue weighted by atomic mass is 10.2. The van der Waals surface area contributed by atoms with E-state index in [-0.39, 0.29) is 11.7 Å². The molecule has 5 rings (SSSR count). The van der Waals surface area contributed by atoms with Crippen LogP contribution in [-0.4, -0.2) is 60.2 Å². The van der Waals surface area contributed by atoms with Crippen LogP contribution in [0.25, 0.3) is 22.1 Å². The van der Waals surface area contributed by atoms with E-state index < -0.39 is 0 Å². The van der Waals surface area contributed by atoms with Gasteiger partial charge in [0.1, 0.15) is 11.1 Å². The molecule has 0 spiro atoms. The average Bonchev–Trinajstić information content (AvgIpc) is 3.35. The molecular weight excluding hydrogens is 332 g/mol. The molecule has 2 aliphatic rings. The summed E-state index contributed by atoms with van der Waals surface area (Å²) in [6, 6.07) is 7.80. The first-order chi connectivity index (χ1) is 12.8. The summed E-state index contributed by atoms with van der Waals surface area (Å²) in [6.45, 7) is 4.11. The monoisotopic (exact) mass is 352 g/mol. The summed E-state index contributed by atoms with van der Waals surface area (Å²) in [7, 11) is 0. The second-order valence-corrected chi connectivity index (χ2v) is 6.75. The number of hydrogen-bond acceptors (Lipinski definition) is 6. The molecule has 0 radical (unpaired) electrons. The molecule has 2 fully saturated rings. The minimum absolute atomic E-state index is 0.138. The van der Waals surface area contributed by atoms with E-state index in [0.717, 1.165) is 42.7 Å². The van der Waals surface area contributed by atoms with Gasteiger partial charge in [0.05, 0.1) is 13.2 Å². The number of rotatable bonds is 2.